The number of nitrogens with two attached hydrogens (primary N) is 1. The molecule has 0 aliphatic heterocycles. The van der Waals surface area contributed by atoms with Gasteiger partial charge >= 0.3 is 5.97 Å². The standard InChI is InChI=1S/C14H15NO3.ClH/c1-18-14(17)8-12(15)10-6-7-13(16)11-5-3-2-4-9(10)11;/h2-7,12,16H,8,15H2,1H3;1H/t12-;/m0./s1. The van der Waals surface area contributed by atoms with Crippen LogP contribution >= 0.6 is 12.4 Å². The van der Waals surface area contributed by atoms with E-state index < -0.39 is 6.04 Å². The Morgan fingerprint density at radius 1 is 1.26 bits per heavy atom. The smallest absolute Gasteiger partial charge is 0.307 e. The van der Waals surface area contributed by atoms with Gasteiger partial charge in [-0.15, -0.1) is 12.4 Å². The van der Waals surface area contributed by atoms with Crippen LogP contribution in [0.15, 0.2) is 36.4 Å². The van der Waals surface area contributed by atoms with Crippen molar-refractivity contribution in [2.75, 3.05) is 7.11 Å². The topological polar surface area (TPSA) is 72.5 Å². The Labute approximate surface area is 117 Å². The molecule has 102 valence electrons. The van der Waals surface area contributed by atoms with Gasteiger partial charge in [0.05, 0.1) is 13.5 Å². The van der Waals surface area contributed by atoms with Gasteiger partial charge in [-0.2, -0.15) is 0 Å². The molecular formula is C14H16ClNO3. The third kappa shape index (κ3) is 3.16. The molecule has 2 rings (SSSR count). The number of hydrogen-bond acceptors (Lipinski definition) is 4. The van der Waals surface area contributed by atoms with Crippen LogP contribution in [0.4, 0.5) is 0 Å². The minimum Gasteiger partial charge on any atom is -0.507 e. The van der Waals surface area contributed by atoms with Crippen molar-refractivity contribution in [3.63, 3.8) is 0 Å². The van der Waals surface area contributed by atoms with Crippen LogP contribution in [0.2, 0.25) is 0 Å². The predicted molar refractivity (Wildman–Crippen MR) is 76.4 cm³/mol. The number of fused-ring (bicyclic) bond motifs is 1. The Balaban J connectivity index is 0.00000180. The molecule has 0 radical (unpaired) electrons. The van der Waals surface area contributed by atoms with Crippen molar-refractivity contribution in [1.82, 2.24) is 0 Å². The maximum absolute atomic E-state index is 11.2. The summed E-state index contributed by atoms with van der Waals surface area (Å²) in [6.45, 7) is 0. The van der Waals surface area contributed by atoms with E-state index in [0.717, 1.165) is 16.3 Å². The Morgan fingerprint density at radius 2 is 1.89 bits per heavy atom. The van der Waals surface area contributed by atoms with Crippen molar-refractivity contribution < 1.29 is 14.6 Å². The fraction of sp³-hybridized carbons (Fsp3) is 0.214. The first-order chi connectivity index (χ1) is 8.63. The van der Waals surface area contributed by atoms with Gasteiger partial charge in [0.1, 0.15) is 5.75 Å². The molecule has 0 aliphatic carbocycles. The lowest BCUT2D eigenvalue weighted by Crippen LogP contribution is -2.16. The number of esters is 1. The summed E-state index contributed by atoms with van der Waals surface area (Å²) in [4.78, 5) is 11.2. The van der Waals surface area contributed by atoms with Crippen molar-refractivity contribution in [3.05, 3.63) is 42.0 Å². The molecule has 0 fully saturated rings. The van der Waals surface area contributed by atoms with Gasteiger partial charge in [0.25, 0.3) is 0 Å². The SMILES string of the molecule is COC(=O)C[C@H](N)c1ccc(O)c2ccccc12.Cl. The second-order valence-electron chi connectivity index (χ2n) is 4.11. The molecule has 3 N–H and O–H groups in total. The number of halogens is 1. The first kappa shape index (κ1) is 15.3. The van der Waals surface area contributed by atoms with E-state index in [1.54, 1.807) is 12.1 Å². The van der Waals surface area contributed by atoms with Gasteiger partial charge < -0.3 is 15.6 Å². The second kappa shape index (κ2) is 6.41. The molecule has 0 amide bonds. The van der Waals surface area contributed by atoms with Crippen LogP contribution in [0.25, 0.3) is 10.8 Å². The zero-order valence-corrected chi connectivity index (χ0v) is 11.3. The summed E-state index contributed by atoms with van der Waals surface area (Å²) in [6, 6.07) is 10.3. The van der Waals surface area contributed by atoms with Gasteiger partial charge in [0.2, 0.25) is 0 Å². The number of aromatic hydroxyl groups is 1. The highest BCUT2D eigenvalue weighted by Crippen LogP contribution is 2.31. The fourth-order valence-corrected chi connectivity index (χ4v) is 2.00. The lowest BCUT2D eigenvalue weighted by Gasteiger charge is -2.14. The number of ether oxygens (including phenoxy) is 1. The van der Waals surface area contributed by atoms with Crippen LogP contribution in [0.1, 0.15) is 18.0 Å². The summed E-state index contributed by atoms with van der Waals surface area (Å²) in [7, 11) is 1.34. The first-order valence-electron chi connectivity index (χ1n) is 5.66. The van der Waals surface area contributed by atoms with E-state index >= 15 is 0 Å². The Morgan fingerprint density at radius 3 is 2.53 bits per heavy atom. The Kier molecular flexibility index (Phi) is 5.15. The lowest BCUT2D eigenvalue weighted by molar-refractivity contribution is -0.141. The van der Waals surface area contributed by atoms with Gasteiger partial charge in [-0.25, -0.2) is 0 Å². The molecule has 2 aromatic carbocycles. The molecule has 0 saturated heterocycles. The minimum atomic E-state index is -0.442. The van der Waals surface area contributed by atoms with Crippen LogP contribution in [-0.2, 0) is 9.53 Å². The normalized spacial score (nSPS) is 11.7. The quantitative estimate of drug-likeness (QED) is 0.848. The van der Waals surface area contributed by atoms with Crippen molar-refractivity contribution in [3.8, 4) is 5.75 Å². The maximum Gasteiger partial charge on any atom is 0.307 e. The van der Waals surface area contributed by atoms with E-state index in [0.29, 0.717) is 0 Å². The summed E-state index contributed by atoms with van der Waals surface area (Å²) in [5.41, 5.74) is 6.83. The maximum atomic E-state index is 11.2. The van der Waals surface area contributed by atoms with Crippen LogP contribution < -0.4 is 5.73 Å². The van der Waals surface area contributed by atoms with Crippen LogP contribution in [-0.4, -0.2) is 18.2 Å². The largest absolute Gasteiger partial charge is 0.507 e. The number of carbonyl (C=O) groups excluding carboxylic acids is 1. The number of methoxy groups -OCH3 is 1. The molecule has 19 heavy (non-hydrogen) atoms. The van der Waals surface area contributed by atoms with E-state index in [-0.39, 0.29) is 30.5 Å². The van der Waals surface area contributed by atoms with Gasteiger partial charge in [-0.05, 0) is 17.0 Å². The van der Waals surface area contributed by atoms with Gasteiger partial charge in [-0.1, -0.05) is 30.3 Å². The van der Waals surface area contributed by atoms with E-state index in [2.05, 4.69) is 4.74 Å². The van der Waals surface area contributed by atoms with Crippen LogP contribution in [0.5, 0.6) is 5.75 Å². The van der Waals surface area contributed by atoms with Gasteiger partial charge in [-0.3, -0.25) is 4.79 Å². The fourth-order valence-electron chi connectivity index (χ4n) is 2.00. The first-order valence-corrected chi connectivity index (χ1v) is 5.66. The van der Waals surface area contributed by atoms with Crippen molar-refractivity contribution in [2.45, 2.75) is 12.5 Å². The number of rotatable bonds is 3. The second-order valence-corrected chi connectivity index (χ2v) is 4.11. The zero-order chi connectivity index (χ0) is 13.1. The highest BCUT2D eigenvalue weighted by Gasteiger charge is 2.15. The molecule has 0 spiro atoms. The van der Waals surface area contributed by atoms with Crippen molar-refractivity contribution in [2.24, 2.45) is 5.73 Å². The van der Waals surface area contributed by atoms with Crippen LogP contribution in [0.3, 0.4) is 0 Å². The average molecular weight is 282 g/mol. The molecule has 2 aromatic rings. The molecule has 0 saturated carbocycles. The molecule has 1 atom stereocenters. The van der Waals surface area contributed by atoms with E-state index in [9.17, 15) is 9.90 Å². The Bertz CT molecular complexity index is 586. The number of phenols is 1. The summed E-state index contributed by atoms with van der Waals surface area (Å²) in [5, 5.41) is 11.4. The van der Waals surface area contributed by atoms with Crippen molar-refractivity contribution in [1.29, 1.82) is 0 Å². The van der Waals surface area contributed by atoms with Crippen LogP contribution in [0, 0.1) is 0 Å². The molecule has 0 aliphatic rings. The number of phenolic OH excluding ortho intramolecular Hbond substituents is 1. The number of benzene rings is 2. The van der Waals surface area contributed by atoms with Crippen molar-refractivity contribution >= 4 is 29.1 Å². The van der Waals surface area contributed by atoms with E-state index in [1.165, 1.54) is 7.11 Å². The third-order valence-corrected chi connectivity index (χ3v) is 2.95. The molecule has 0 heterocycles. The van der Waals surface area contributed by atoms with E-state index in [4.69, 9.17) is 5.73 Å². The summed E-state index contributed by atoms with van der Waals surface area (Å²) in [6.07, 6.45) is 0.116. The molecule has 5 heteroatoms. The summed E-state index contributed by atoms with van der Waals surface area (Å²) in [5.74, 6) is -0.140. The highest BCUT2D eigenvalue weighted by molar-refractivity contribution is 5.91. The lowest BCUT2D eigenvalue weighted by atomic mass is 9.97. The van der Waals surface area contributed by atoms with E-state index in [1.807, 2.05) is 24.3 Å². The molecule has 4 nitrogen and oxygen atoms in total. The summed E-state index contributed by atoms with van der Waals surface area (Å²) >= 11 is 0. The Hall–Kier alpha value is -1.78. The molecule has 0 unspecified atom stereocenters. The predicted octanol–water partition coefficient (Wildman–Crippen LogP) is 2.53. The average Bonchev–Trinajstić information content (AvgIpc) is 2.39. The molecule has 0 aromatic heterocycles. The van der Waals surface area contributed by atoms with Gasteiger partial charge in [0, 0.05) is 11.4 Å². The highest BCUT2D eigenvalue weighted by atomic mass is 35.5. The van der Waals surface area contributed by atoms with Gasteiger partial charge in [0.15, 0.2) is 0 Å². The molecule has 0 bridgehead atoms. The monoisotopic (exact) mass is 281 g/mol. The third-order valence-electron chi connectivity index (χ3n) is 2.95. The minimum absolute atomic E-state index is 0. The number of carbonyl (C=O) groups is 1. The number of hydrogen-bond donors (Lipinski definition) is 2. The summed E-state index contributed by atoms with van der Waals surface area (Å²) < 4.78 is 4.61. The zero-order valence-electron chi connectivity index (χ0n) is 10.5. The molecular weight excluding hydrogens is 266 g/mol.